The number of rotatable bonds is 2. The number of nitrogens with zero attached hydrogens (tertiary/aromatic N) is 4. The van der Waals surface area contributed by atoms with Crippen molar-refractivity contribution in [3.05, 3.63) is 59.3 Å². The summed E-state index contributed by atoms with van der Waals surface area (Å²) in [7, 11) is 0.505. The standard InChI is InChI=1S/C20H21N4OP/c1-12-10-24-17(13(2)21-12)8-16(22-24)18-9-19(25)23-11-15(14-4-3-5-14)6-7-20(23)26-18/h6-11,14,20,26H,3-5H2,1-2H3. The van der Waals surface area contributed by atoms with Gasteiger partial charge in [-0.3, -0.25) is 9.78 Å². The van der Waals surface area contributed by atoms with Crippen LogP contribution in [-0.4, -0.2) is 31.2 Å². The van der Waals surface area contributed by atoms with Crippen molar-refractivity contribution in [1.82, 2.24) is 19.5 Å². The molecule has 0 spiro atoms. The number of aryl methyl sites for hydroxylation is 2. The number of carbonyl (C=O) groups is 1. The van der Waals surface area contributed by atoms with Gasteiger partial charge in [0.05, 0.1) is 34.6 Å². The molecule has 1 amide bonds. The Bertz CT molecular complexity index is 1010. The van der Waals surface area contributed by atoms with E-state index in [1.54, 1.807) is 6.08 Å². The summed E-state index contributed by atoms with van der Waals surface area (Å²) in [6.07, 6.45) is 14.0. The molecule has 0 N–H and O–H groups in total. The van der Waals surface area contributed by atoms with Crippen LogP contribution in [0.1, 0.15) is 36.3 Å². The molecule has 0 bridgehead atoms. The van der Waals surface area contributed by atoms with Gasteiger partial charge in [-0.05, 0) is 44.2 Å². The van der Waals surface area contributed by atoms with Gasteiger partial charge >= 0.3 is 0 Å². The second kappa shape index (κ2) is 5.88. The Morgan fingerprint density at radius 1 is 1.27 bits per heavy atom. The van der Waals surface area contributed by atoms with Crippen molar-refractivity contribution >= 4 is 25.3 Å². The van der Waals surface area contributed by atoms with E-state index in [1.165, 1.54) is 24.8 Å². The number of aromatic nitrogens is 3. The molecule has 0 radical (unpaired) electrons. The predicted molar refractivity (Wildman–Crippen MR) is 104 cm³/mol. The van der Waals surface area contributed by atoms with Crippen molar-refractivity contribution in [2.24, 2.45) is 5.92 Å². The maximum Gasteiger partial charge on any atom is 0.252 e. The maximum absolute atomic E-state index is 12.8. The van der Waals surface area contributed by atoms with Gasteiger partial charge in [0.2, 0.25) is 0 Å². The summed E-state index contributed by atoms with van der Waals surface area (Å²) >= 11 is 0. The molecule has 1 aliphatic carbocycles. The van der Waals surface area contributed by atoms with Crippen LogP contribution in [-0.2, 0) is 4.79 Å². The van der Waals surface area contributed by atoms with Crippen LogP contribution in [0, 0.1) is 19.8 Å². The highest BCUT2D eigenvalue weighted by Gasteiger charge is 2.31. The Labute approximate surface area is 154 Å². The van der Waals surface area contributed by atoms with Gasteiger partial charge in [0.25, 0.3) is 5.91 Å². The van der Waals surface area contributed by atoms with Gasteiger partial charge in [-0.1, -0.05) is 27.2 Å². The molecule has 2 aliphatic heterocycles. The molecule has 4 heterocycles. The van der Waals surface area contributed by atoms with Crippen molar-refractivity contribution in [2.45, 2.75) is 38.9 Å². The van der Waals surface area contributed by atoms with Crippen LogP contribution in [0.25, 0.3) is 10.8 Å². The quantitative estimate of drug-likeness (QED) is 0.762. The third-order valence-electron chi connectivity index (χ3n) is 5.50. The Hall–Kier alpha value is -2.26. The minimum absolute atomic E-state index is 0.0630. The molecule has 132 valence electrons. The molecule has 3 aliphatic rings. The molecule has 2 atom stereocenters. The summed E-state index contributed by atoms with van der Waals surface area (Å²) in [5.41, 5.74) is 5.09. The smallest absolute Gasteiger partial charge is 0.252 e. The monoisotopic (exact) mass is 364 g/mol. The first-order valence-corrected chi connectivity index (χ1v) is 10.2. The van der Waals surface area contributed by atoms with Crippen LogP contribution in [0.2, 0.25) is 0 Å². The lowest BCUT2D eigenvalue weighted by Gasteiger charge is -2.36. The normalized spacial score (nSPS) is 23.8. The zero-order chi connectivity index (χ0) is 17.8. The van der Waals surface area contributed by atoms with Crippen LogP contribution < -0.4 is 0 Å². The first kappa shape index (κ1) is 16.0. The lowest BCUT2D eigenvalue weighted by Crippen LogP contribution is -2.36. The van der Waals surface area contributed by atoms with Crippen LogP contribution in [0.4, 0.5) is 0 Å². The van der Waals surface area contributed by atoms with Crippen molar-refractivity contribution in [1.29, 1.82) is 0 Å². The van der Waals surface area contributed by atoms with E-state index < -0.39 is 0 Å². The second-order valence-electron chi connectivity index (χ2n) is 7.34. The summed E-state index contributed by atoms with van der Waals surface area (Å²) in [5.74, 6) is 0.830. The van der Waals surface area contributed by atoms with Crippen LogP contribution >= 0.6 is 8.58 Å². The molecule has 2 aromatic heterocycles. The fraction of sp³-hybridized carbons (Fsp3) is 0.350. The molecule has 1 saturated carbocycles. The van der Waals surface area contributed by atoms with Gasteiger partial charge < -0.3 is 4.90 Å². The van der Waals surface area contributed by atoms with E-state index >= 15 is 0 Å². The Morgan fingerprint density at radius 3 is 2.88 bits per heavy atom. The van der Waals surface area contributed by atoms with E-state index in [1.807, 2.05) is 35.5 Å². The highest BCUT2D eigenvalue weighted by molar-refractivity contribution is 7.51. The topological polar surface area (TPSA) is 50.5 Å². The van der Waals surface area contributed by atoms with Gasteiger partial charge in [0, 0.05) is 17.6 Å². The minimum atomic E-state index is 0.0630. The Morgan fingerprint density at radius 2 is 2.12 bits per heavy atom. The summed E-state index contributed by atoms with van der Waals surface area (Å²) in [6, 6.07) is 2.05. The third-order valence-corrected chi connectivity index (χ3v) is 6.97. The van der Waals surface area contributed by atoms with Gasteiger partial charge in [-0.2, -0.15) is 5.10 Å². The molecule has 26 heavy (non-hydrogen) atoms. The molecule has 6 heteroatoms. The van der Waals surface area contributed by atoms with Crippen LogP contribution in [0.3, 0.4) is 0 Å². The SMILES string of the molecule is Cc1cn2nc(C3=CC(=O)N4C=C(C5CCC5)C=CC4P3)cc2c(C)n1. The molecule has 5 nitrogen and oxygen atoms in total. The number of hydrogen-bond acceptors (Lipinski definition) is 3. The summed E-state index contributed by atoms with van der Waals surface area (Å²) < 4.78 is 1.88. The molecule has 0 aromatic carbocycles. The zero-order valence-corrected chi connectivity index (χ0v) is 15.9. The summed E-state index contributed by atoms with van der Waals surface area (Å²) in [5, 5.41) is 5.73. The molecule has 1 fully saturated rings. The number of carbonyl (C=O) groups excluding carboxylic acids is 1. The summed E-state index contributed by atoms with van der Waals surface area (Å²) in [6.45, 7) is 3.96. The second-order valence-corrected chi connectivity index (χ2v) is 8.75. The maximum atomic E-state index is 12.8. The molecular weight excluding hydrogens is 343 g/mol. The molecular formula is C20H21N4OP. The van der Waals surface area contributed by atoms with E-state index in [0.717, 1.165) is 27.9 Å². The molecule has 5 rings (SSSR count). The Balaban J connectivity index is 1.49. The number of allylic oxidation sites excluding steroid dienone is 2. The first-order chi connectivity index (χ1) is 12.6. The number of hydrogen-bond donors (Lipinski definition) is 0. The first-order valence-electron chi connectivity index (χ1n) is 9.13. The van der Waals surface area contributed by atoms with E-state index in [-0.39, 0.29) is 11.7 Å². The van der Waals surface area contributed by atoms with E-state index in [4.69, 9.17) is 5.10 Å². The predicted octanol–water partition coefficient (Wildman–Crippen LogP) is 3.79. The van der Waals surface area contributed by atoms with E-state index in [9.17, 15) is 4.79 Å². The van der Waals surface area contributed by atoms with Crippen molar-refractivity contribution in [2.75, 3.05) is 0 Å². The molecule has 2 unspecified atom stereocenters. The zero-order valence-electron chi connectivity index (χ0n) is 14.9. The average molecular weight is 364 g/mol. The summed E-state index contributed by atoms with van der Waals surface area (Å²) in [4.78, 5) is 19.2. The Kier molecular flexibility index (Phi) is 3.61. The average Bonchev–Trinajstić information content (AvgIpc) is 2.98. The lowest BCUT2D eigenvalue weighted by atomic mass is 9.79. The van der Waals surface area contributed by atoms with Gasteiger partial charge in [-0.25, -0.2) is 4.52 Å². The fourth-order valence-corrected chi connectivity index (χ4v) is 5.18. The largest absolute Gasteiger partial charge is 0.304 e. The molecule has 2 aromatic rings. The van der Waals surface area contributed by atoms with Crippen molar-refractivity contribution in [3.8, 4) is 0 Å². The minimum Gasteiger partial charge on any atom is -0.304 e. The van der Waals surface area contributed by atoms with Crippen LogP contribution in [0.15, 0.2) is 42.3 Å². The fourth-order valence-electron chi connectivity index (χ4n) is 3.85. The van der Waals surface area contributed by atoms with Crippen molar-refractivity contribution < 1.29 is 4.79 Å². The highest BCUT2D eigenvalue weighted by Crippen LogP contribution is 2.46. The number of fused-ring (bicyclic) bond motifs is 2. The van der Waals surface area contributed by atoms with E-state index in [2.05, 4.69) is 23.3 Å². The van der Waals surface area contributed by atoms with E-state index in [0.29, 0.717) is 14.5 Å². The van der Waals surface area contributed by atoms with Crippen LogP contribution in [0.5, 0.6) is 0 Å². The molecule has 0 saturated heterocycles. The van der Waals surface area contributed by atoms with Crippen molar-refractivity contribution in [3.63, 3.8) is 0 Å². The van der Waals surface area contributed by atoms with Gasteiger partial charge in [-0.15, -0.1) is 0 Å². The lowest BCUT2D eigenvalue weighted by molar-refractivity contribution is -0.123. The third kappa shape index (κ3) is 2.53. The highest BCUT2D eigenvalue weighted by atomic mass is 31.1. The van der Waals surface area contributed by atoms with Gasteiger partial charge in [0.1, 0.15) is 0 Å². The van der Waals surface area contributed by atoms with Gasteiger partial charge in [0.15, 0.2) is 0 Å². The number of amides is 1.